The summed E-state index contributed by atoms with van der Waals surface area (Å²) in [5.41, 5.74) is 1.36. The van der Waals surface area contributed by atoms with Crippen molar-refractivity contribution in [2.75, 3.05) is 36.2 Å². The van der Waals surface area contributed by atoms with E-state index in [0.717, 1.165) is 27.9 Å². The van der Waals surface area contributed by atoms with Gasteiger partial charge >= 0.3 is 0 Å². The van der Waals surface area contributed by atoms with Gasteiger partial charge in [0.05, 0.1) is 18.6 Å². The van der Waals surface area contributed by atoms with Crippen LogP contribution >= 0.6 is 23.1 Å². The summed E-state index contributed by atoms with van der Waals surface area (Å²) >= 11 is 2.99. The van der Waals surface area contributed by atoms with Crippen molar-refractivity contribution in [2.24, 2.45) is 0 Å². The minimum atomic E-state index is -0.111. The summed E-state index contributed by atoms with van der Waals surface area (Å²) in [5, 5.41) is 4.66. The van der Waals surface area contributed by atoms with Gasteiger partial charge in [-0.3, -0.25) is 4.79 Å². The minimum Gasteiger partial charge on any atom is -0.495 e. The Morgan fingerprint density at radius 1 is 1.30 bits per heavy atom. The number of para-hydroxylation sites is 2. The van der Waals surface area contributed by atoms with Gasteiger partial charge in [0.1, 0.15) is 21.8 Å². The Labute approximate surface area is 165 Å². The number of nitrogens with one attached hydrogen (secondary N) is 1. The summed E-state index contributed by atoms with van der Waals surface area (Å²) in [6, 6.07) is 7.35. The van der Waals surface area contributed by atoms with E-state index in [1.54, 1.807) is 18.4 Å². The van der Waals surface area contributed by atoms with Crippen molar-refractivity contribution in [3.63, 3.8) is 0 Å². The molecule has 1 aliphatic rings. The van der Waals surface area contributed by atoms with E-state index in [9.17, 15) is 4.79 Å². The average Bonchev–Trinajstić information content (AvgIpc) is 3.36. The van der Waals surface area contributed by atoms with E-state index in [1.165, 1.54) is 30.9 Å². The molecule has 1 aromatic carbocycles. The van der Waals surface area contributed by atoms with E-state index in [-0.39, 0.29) is 11.7 Å². The molecule has 2 aromatic heterocycles. The molecule has 0 atom stereocenters. The second-order valence-corrected chi connectivity index (χ2v) is 8.00. The van der Waals surface area contributed by atoms with Crippen molar-refractivity contribution in [1.82, 2.24) is 15.0 Å². The number of methoxy groups -OCH3 is 1. The molecule has 3 heterocycles. The normalized spacial score (nSPS) is 13.9. The molecule has 0 unspecified atom stereocenters. The molecule has 1 N–H and O–H groups in total. The minimum absolute atomic E-state index is 0.111. The predicted octanol–water partition coefficient (Wildman–Crippen LogP) is 3.43. The summed E-state index contributed by atoms with van der Waals surface area (Å²) in [4.78, 5) is 27.9. The van der Waals surface area contributed by atoms with Crippen LogP contribution in [0.4, 0.5) is 10.8 Å². The van der Waals surface area contributed by atoms with Gasteiger partial charge in [0.15, 0.2) is 10.8 Å². The molecular weight excluding hydrogens is 382 g/mol. The fourth-order valence-corrected chi connectivity index (χ4v) is 4.88. The van der Waals surface area contributed by atoms with E-state index >= 15 is 0 Å². The molecule has 4 rings (SSSR count). The topological polar surface area (TPSA) is 80.2 Å². The highest BCUT2D eigenvalue weighted by Gasteiger charge is 2.19. The maximum atomic E-state index is 12.4. The summed E-state index contributed by atoms with van der Waals surface area (Å²) in [7, 11) is 1.58. The standard InChI is InChI=1S/C18H19N5O2S2/c1-25-13-7-3-2-6-12(13)21-14(24)10-26-17-15-16(19-11-20-17)22-18(27-15)23-8-4-5-9-23/h2-3,6-7,11H,4-5,8-10H2,1H3,(H,21,24). The van der Waals surface area contributed by atoms with Crippen LogP contribution in [0.5, 0.6) is 5.75 Å². The van der Waals surface area contributed by atoms with Crippen molar-refractivity contribution in [1.29, 1.82) is 0 Å². The van der Waals surface area contributed by atoms with Crippen LogP contribution in [-0.4, -0.2) is 46.8 Å². The van der Waals surface area contributed by atoms with Crippen LogP contribution in [0, 0.1) is 0 Å². The van der Waals surface area contributed by atoms with Gasteiger partial charge in [-0.25, -0.2) is 9.97 Å². The molecule has 7 nitrogen and oxygen atoms in total. The van der Waals surface area contributed by atoms with E-state index in [0.29, 0.717) is 17.1 Å². The molecule has 140 valence electrons. The first-order valence-corrected chi connectivity index (χ1v) is 10.5. The number of hydrogen-bond acceptors (Lipinski definition) is 8. The van der Waals surface area contributed by atoms with E-state index in [2.05, 4.69) is 25.2 Å². The van der Waals surface area contributed by atoms with Gasteiger partial charge in [0.25, 0.3) is 0 Å². The van der Waals surface area contributed by atoms with E-state index in [4.69, 9.17) is 4.74 Å². The molecular formula is C18H19N5O2S2. The first kappa shape index (κ1) is 18.0. The van der Waals surface area contributed by atoms with Crippen LogP contribution in [0.2, 0.25) is 0 Å². The number of ether oxygens (including phenoxy) is 1. The number of amides is 1. The number of thioether (sulfide) groups is 1. The predicted molar refractivity (Wildman–Crippen MR) is 109 cm³/mol. The van der Waals surface area contributed by atoms with Crippen LogP contribution in [0.3, 0.4) is 0 Å². The first-order chi connectivity index (χ1) is 13.2. The highest BCUT2D eigenvalue weighted by atomic mass is 32.2. The van der Waals surface area contributed by atoms with Crippen LogP contribution < -0.4 is 15.0 Å². The number of nitrogens with zero attached hydrogens (tertiary/aromatic N) is 4. The lowest BCUT2D eigenvalue weighted by Gasteiger charge is -2.11. The van der Waals surface area contributed by atoms with Crippen molar-refractivity contribution < 1.29 is 9.53 Å². The molecule has 1 amide bonds. The number of hydrogen-bond donors (Lipinski definition) is 1. The smallest absolute Gasteiger partial charge is 0.234 e. The fraction of sp³-hybridized carbons (Fsp3) is 0.333. The molecule has 9 heteroatoms. The van der Waals surface area contributed by atoms with Gasteiger partial charge in [-0.15, -0.1) is 0 Å². The zero-order chi connectivity index (χ0) is 18.6. The van der Waals surface area contributed by atoms with Crippen molar-refractivity contribution in [3.8, 4) is 5.75 Å². The van der Waals surface area contributed by atoms with Gasteiger partial charge < -0.3 is 15.0 Å². The highest BCUT2D eigenvalue weighted by molar-refractivity contribution is 8.00. The van der Waals surface area contributed by atoms with Crippen molar-refractivity contribution in [2.45, 2.75) is 17.9 Å². The van der Waals surface area contributed by atoms with Crippen LogP contribution in [0.25, 0.3) is 10.3 Å². The van der Waals surface area contributed by atoms with Gasteiger partial charge in [0, 0.05) is 13.1 Å². The fourth-order valence-electron chi connectivity index (χ4n) is 2.94. The highest BCUT2D eigenvalue weighted by Crippen LogP contribution is 2.35. The summed E-state index contributed by atoms with van der Waals surface area (Å²) in [6.07, 6.45) is 3.91. The quantitative estimate of drug-likeness (QED) is 0.501. The Balaban J connectivity index is 1.46. The average molecular weight is 402 g/mol. The van der Waals surface area contributed by atoms with Gasteiger partial charge in [0.2, 0.25) is 5.91 Å². The van der Waals surface area contributed by atoms with Crippen molar-refractivity contribution in [3.05, 3.63) is 30.6 Å². The molecule has 0 aliphatic carbocycles. The molecule has 0 saturated carbocycles. The Hall–Kier alpha value is -2.39. The zero-order valence-corrected chi connectivity index (χ0v) is 16.5. The molecule has 27 heavy (non-hydrogen) atoms. The van der Waals surface area contributed by atoms with Crippen LogP contribution in [0.1, 0.15) is 12.8 Å². The zero-order valence-electron chi connectivity index (χ0n) is 14.8. The lowest BCUT2D eigenvalue weighted by molar-refractivity contribution is -0.113. The number of carbonyl (C=O) groups excluding carboxylic acids is 1. The molecule has 0 bridgehead atoms. The van der Waals surface area contributed by atoms with Crippen LogP contribution in [0.15, 0.2) is 35.6 Å². The van der Waals surface area contributed by atoms with Crippen molar-refractivity contribution >= 4 is 50.2 Å². The number of anilines is 2. The molecule has 1 saturated heterocycles. The molecule has 1 fully saturated rings. The van der Waals surface area contributed by atoms with Crippen LogP contribution in [-0.2, 0) is 4.79 Å². The maximum absolute atomic E-state index is 12.4. The molecule has 1 aliphatic heterocycles. The second kappa shape index (κ2) is 8.10. The van der Waals surface area contributed by atoms with E-state index < -0.39 is 0 Å². The van der Waals surface area contributed by atoms with Gasteiger partial charge in [-0.1, -0.05) is 35.2 Å². The molecule has 0 radical (unpaired) electrons. The number of benzene rings is 1. The van der Waals surface area contributed by atoms with Gasteiger partial charge in [-0.05, 0) is 25.0 Å². The Morgan fingerprint density at radius 3 is 2.93 bits per heavy atom. The third-order valence-electron chi connectivity index (χ3n) is 4.24. The third-order valence-corrected chi connectivity index (χ3v) is 6.48. The first-order valence-electron chi connectivity index (χ1n) is 8.67. The summed E-state index contributed by atoms with van der Waals surface area (Å²) < 4.78 is 6.20. The third kappa shape index (κ3) is 3.98. The maximum Gasteiger partial charge on any atom is 0.234 e. The second-order valence-electron chi connectivity index (χ2n) is 6.06. The SMILES string of the molecule is COc1ccccc1NC(=O)CSc1ncnc2nc(N3CCCC3)sc12. The van der Waals surface area contributed by atoms with Gasteiger partial charge in [-0.2, -0.15) is 4.98 Å². The molecule has 3 aromatic rings. The lowest BCUT2D eigenvalue weighted by atomic mass is 10.3. The number of thiazole rings is 1. The summed E-state index contributed by atoms with van der Waals surface area (Å²) in [6.45, 7) is 2.08. The Morgan fingerprint density at radius 2 is 2.11 bits per heavy atom. The number of rotatable bonds is 6. The lowest BCUT2D eigenvalue weighted by Crippen LogP contribution is -2.16. The molecule has 0 spiro atoms. The monoisotopic (exact) mass is 401 g/mol. The number of fused-ring (bicyclic) bond motifs is 1. The summed E-state index contributed by atoms with van der Waals surface area (Å²) in [5.74, 6) is 0.778. The number of carbonyl (C=O) groups is 1. The Bertz CT molecular complexity index is 956. The van der Waals surface area contributed by atoms with E-state index in [1.807, 2.05) is 24.3 Å². The Kier molecular flexibility index (Phi) is 5.40. The largest absolute Gasteiger partial charge is 0.495 e. The number of aromatic nitrogens is 3.